The van der Waals surface area contributed by atoms with Gasteiger partial charge in [0.05, 0.1) is 5.70 Å². The number of nitrogens with zero attached hydrogens (tertiary/aromatic N) is 1. The van der Waals surface area contributed by atoms with E-state index in [1.54, 1.807) is 0 Å². The quantitative estimate of drug-likeness (QED) is 0.399. The van der Waals surface area contributed by atoms with E-state index in [4.69, 9.17) is 0 Å². The second kappa shape index (κ2) is 3.14. The number of hydrogen-bond donors (Lipinski definition) is 0. The van der Waals surface area contributed by atoms with Gasteiger partial charge in [-0.05, 0) is 25.8 Å². The van der Waals surface area contributed by atoms with E-state index in [0.717, 1.165) is 18.5 Å². The summed E-state index contributed by atoms with van der Waals surface area (Å²) >= 11 is 0. The van der Waals surface area contributed by atoms with E-state index in [-0.39, 0.29) is 0 Å². The molecule has 0 unspecified atom stereocenters. The molecule has 52 valence electrons. The van der Waals surface area contributed by atoms with Crippen molar-refractivity contribution in [2.45, 2.75) is 19.8 Å². The Morgan fingerprint density at radius 2 is 2.30 bits per heavy atom. The van der Waals surface area contributed by atoms with Gasteiger partial charge in [-0.15, -0.1) is 0 Å². The van der Waals surface area contributed by atoms with Crippen molar-refractivity contribution < 1.29 is 4.79 Å². The first-order valence-electron chi connectivity index (χ1n) is 3.27. The molecule has 0 spiro atoms. The molecule has 0 bridgehead atoms. The molecule has 1 aliphatic carbocycles. The van der Waals surface area contributed by atoms with Gasteiger partial charge in [0.15, 0.2) is 0 Å². The molecule has 0 heterocycles. The summed E-state index contributed by atoms with van der Waals surface area (Å²) in [5.41, 5.74) is 2.17. The average Bonchev–Trinajstić information content (AvgIpc) is 1.95. The zero-order chi connectivity index (χ0) is 7.40. The highest BCUT2D eigenvalue weighted by Gasteiger charge is 2.00. The normalized spacial score (nSPS) is 16.9. The monoisotopic (exact) mass is 135 g/mol. The Labute approximate surface area is 60.0 Å². The molecule has 0 atom stereocenters. The van der Waals surface area contributed by atoms with Crippen LogP contribution in [0.25, 0.3) is 0 Å². The van der Waals surface area contributed by atoms with Gasteiger partial charge in [-0.3, -0.25) is 0 Å². The van der Waals surface area contributed by atoms with E-state index in [2.05, 4.69) is 11.9 Å². The first kappa shape index (κ1) is 6.97. The van der Waals surface area contributed by atoms with Gasteiger partial charge in [-0.25, -0.2) is 4.79 Å². The highest BCUT2D eigenvalue weighted by Crippen LogP contribution is 2.17. The van der Waals surface area contributed by atoms with Crippen LogP contribution in [-0.4, -0.2) is 6.08 Å². The molecule has 0 aromatic heterocycles. The van der Waals surface area contributed by atoms with E-state index < -0.39 is 0 Å². The Morgan fingerprint density at radius 3 is 2.80 bits per heavy atom. The predicted molar refractivity (Wildman–Crippen MR) is 39.2 cm³/mol. The van der Waals surface area contributed by atoms with Crippen LogP contribution in [0.4, 0.5) is 0 Å². The molecule has 2 nitrogen and oxygen atoms in total. The molecule has 1 rings (SSSR count). The van der Waals surface area contributed by atoms with Gasteiger partial charge in [0, 0.05) is 0 Å². The first-order chi connectivity index (χ1) is 4.83. The van der Waals surface area contributed by atoms with Crippen molar-refractivity contribution in [2.24, 2.45) is 4.99 Å². The lowest BCUT2D eigenvalue weighted by Crippen LogP contribution is -1.87. The zero-order valence-corrected chi connectivity index (χ0v) is 5.92. The van der Waals surface area contributed by atoms with E-state index in [9.17, 15) is 4.79 Å². The summed E-state index contributed by atoms with van der Waals surface area (Å²) in [5, 5.41) is 0. The van der Waals surface area contributed by atoms with Crippen molar-refractivity contribution in [1.82, 2.24) is 0 Å². The fourth-order valence-electron chi connectivity index (χ4n) is 0.882. The molecular weight excluding hydrogens is 126 g/mol. The standard InChI is InChI=1S/C8H9NO/c1-7-2-4-8(5-3-7)9-6-10/h2,4H,3,5H2,1H3. The highest BCUT2D eigenvalue weighted by atomic mass is 16.1. The topological polar surface area (TPSA) is 29.4 Å². The molecule has 0 aromatic rings. The fourth-order valence-corrected chi connectivity index (χ4v) is 0.882. The molecular formula is C8H9NO. The highest BCUT2D eigenvalue weighted by molar-refractivity contribution is 5.38. The summed E-state index contributed by atoms with van der Waals surface area (Å²) in [6, 6.07) is 0. The van der Waals surface area contributed by atoms with Crippen LogP contribution in [0, 0.1) is 0 Å². The lowest BCUT2D eigenvalue weighted by Gasteiger charge is -2.04. The number of aliphatic imine (C=N–C) groups is 1. The van der Waals surface area contributed by atoms with Gasteiger partial charge in [0.25, 0.3) is 0 Å². The first-order valence-corrected chi connectivity index (χ1v) is 3.27. The number of isocyanates is 1. The zero-order valence-electron chi connectivity index (χ0n) is 5.92. The lowest BCUT2D eigenvalue weighted by molar-refractivity contribution is 0.564. The van der Waals surface area contributed by atoms with Gasteiger partial charge >= 0.3 is 0 Å². The fraction of sp³-hybridized carbons (Fsp3) is 0.375. The van der Waals surface area contributed by atoms with Gasteiger partial charge in [0.2, 0.25) is 6.08 Å². The second-order valence-corrected chi connectivity index (χ2v) is 2.37. The van der Waals surface area contributed by atoms with E-state index in [1.165, 1.54) is 11.7 Å². The molecule has 0 aromatic carbocycles. The number of rotatable bonds is 1. The maximum Gasteiger partial charge on any atom is 0.240 e. The van der Waals surface area contributed by atoms with Gasteiger partial charge < -0.3 is 0 Å². The molecule has 1 aliphatic rings. The van der Waals surface area contributed by atoms with E-state index >= 15 is 0 Å². The van der Waals surface area contributed by atoms with Crippen LogP contribution in [0.1, 0.15) is 19.8 Å². The summed E-state index contributed by atoms with van der Waals surface area (Å²) in [6.07, 6.45) is 7.26. The largest absolute Gasteiger partial charge is 0.240 e. The molecule has 0 radical (unpaired) electrons. The molecule has 2 heteroatoms. The third kappa shape index (κ3) is 1.67. The maximum atomic E-state index is 9.80. The Bertz CT molecular complexity index is 232. The number of hydrogen-bond acceptors (Lipinski definition) is 2. The lowest BCUT2D eigenvalue weighted by atomic mass is 10.0. The van der Waals surface area contributed by atoms with Crippen LogP contribution < -0.4 is 0 Å². The summed E-state index contributed by atoms with van der Waals surface area (Å²) in [4.78, 5) is 13.3. The smallest absolute Gasteiger partial charge is 0.211 e. The van der Waals surface area contributed by atoms with Crippen molar-refractivity contribution >= 4 is 6.08 Å². The van der Waals surface area contributed by atoms with Crippen LogP contribution in [0.15, 0.2) is 28.4 Å². The van der Waals surface area contributed by atoms with Crippen LogP contribution >= 0.6 is 0 Å². The van der Waals surface area contributed by atoms with Gasteiger partial charge in [0.1, 0.15) is 0 Å². The summed E-state index contributed by atoms with van der Waals surface area (Å²) in [5.74, 6) is 0. The maximum absolute atomic E-state index is 9.80. The SMILES string of the molecule is CC1=CC=C(N=C=O)CC1. The van der Waals surface area contributed by atoms with Gasteiger partial charge in [-0.1, -0.05) is 11.6 Å². The van der Waals surface area contributed by atoms with Crippen LogP contribution in [0.3, 0.4) is 0 Å². The minimum Gasteiger partial charge on any atom is -0.211 e. The van der Waals surface area contributed by atoms with Crippen LogP contribution in [-0.2, 0) is 4.79 Å². The van der Waals surface area contributed by atoms with Crippen molar-refractivity contribution in [1.29, 1.82) is 0 Å². The summed E-state index contributed by atoms with van der Waals surface area (Å²) < 4.78 is 0. The van der Waals surface area contributed by atoms with E-state index in [1.807, 2.05) is 12.2 Å². The Kier molecular flexibility index (Phi) is 2.19. The average molecular weight is 135 g/mol. The Hall–Kier alpha value is -1.14. The third-order valence-corrected chi connectivity index (χ3v) is 1.52. The molecule has 0 aliphatic heterocycles. The molecule has 0 N–H and O–H groups in total. The van der Waals surface area contributed by atoms with Gasteiger partial charge in [-0.2, -0.15) is 4.99 Å². The minimum absolute atomic E-state index is 0.834. The molecule has 0 amide bonds. The number of allylic oxidation sites excluding steroid dienone is 4. The van der Waals surface area contributed by atoms with Crippen LogP contribution in [0.5, 0.6) is 0 Å². The van der Waals surface area contributed by atoms with Crippen molar-refractivity contribution in [3.8, 4) is 0 Å². The minimum atomic E-state index is 0.834. The Morgan fingerprint density at radius 1 is 1.50 bits per heavy atom. The summed E-state index contributed by atoms with van der Waals surface area (Å²) in [7, 11) is 0. The molecule has 0 fully saturated rings. The van der Waals surface area contributed by atoms with Crippen molar-refractivity contribution in [3.63, 3.8) is 0 Å². The second-order valence-electron chi connectivity index (χ2n) is 2.37. The number of carbonyl (C=O) groups excluding carboxylic acids is 1. The van der Waals surface area contributed by atoms with E-state index in [0.29, 0.717) is 0 Å². The Balaban J connectivity index is 2.73. The molecule has 10 heavy (non-hydrogen) atoms. The van der Waals surface area contributed by atoms with Crippen molar-refractivity contribution in [2.75, 3.05) is 0 Å². The molecule has 0 saturated carbocycles. The van der Waals surface area contributed by atoms with Crippen molar-refractivity contribution in [3.05, 3.63) is 23.4 Å². The van der Waals surface area contributed by atoms with Crippen LogP contribution in [0.2, 0.25) is 0 Å². The predicted octanol–water partition coefficient (Wildman–Crippen LogP) is 1.95. The molecule has 0 saturated heterocycles. The summed E-state index contributed by atoms with van der Waals surface area (Å²) in [6.45, 7) is 2.07. The third-order valence-electron chi connectivity index (χ3n) is 1.52.